The maximum Gasteiger partial charge on any atom is 0.270 e. The topological polar surface area (TPSA) is 83.7 Å². The Kier molecular flexibility index (Phi) is 4.67. The zero-order valence-electron chi connectivity index (χ0n) is 18.2. The summed E-state index contributed by atoms with van der Waals surface area (Å²) < 4.78 is 0. The van der Waals surface area contributed by atoms with Crippen molar-refractivity contribution in [1.82, 2.24) is 0 Å². The molecule has 33 heavy (non-hydrogen) atoms. The molecule has 1 amide bonds. The van der Waals surface area contributed by atoms with Crippen molar-refractivity contribution in [3.8, 4) is 5.75 Å². The number of carbonyl (C=O) groups is 1. The van der Waals surface area contributed by atoms with Crippen LogP contribution in [-0.4, -0.2) is 15.9 Å². The maximum absolute atomic E-state index is 13.9. The summed E-state index contributed by atoms with van der Waals surface area (Å²) in [6.07, 6.45) is 0. The highest BCUT2D eigenvalue weighted by Crippen LogP contribution is 2.55. The molecule has 1 heterocycles. The molecule has 1 N–H and O–H groups in total. The first kappa shape index (κ1) is 20.7. The number of non-ortho nitro benzene ring substituents is 1. The summed E-state index contributed by atoms with van der Waals surface area (Å²) in [6.45, 7) is 4.11. The Morgan fingerprint density at radius 2 is 1.70 bits per heavy atom. The molecular formula is C27H22N2O4. The number of amides is 1. The molecule has 0 spiro atoms. The van der Waals surface area contributed by atoms with Gasteiger partial charge in [0.2, 0.25) is 0 Å². The van der Waals surface area contributed by atoms with Gasteiger partial charge in [-0.15, -0.1) is 0 Å². The Morgan fingerprint density at radius 1 is 0.970 bits per heavy atom. The average Bonchev–Trinajstić information content (AvgIpc) is 3.05. The highest BCUT2D eigenvalue weighted by Gasteiger charge is 2.49. The van der Waals surface area contributed by atoms with Crippen LogP contribution in [0.2, 0.25) is 0 Å². The number of carbonyl (C=O) groups excluding carboxylic acids is 1. The van der Waals surface area contributed by atoms with Crippen LogP contribution in [0.5, 0.6) is 5.75 Å². The number of hydrogen-bond donors (Lipinski definition) is 1. The monoisotopic (exact) mass is 438 g/mol. The van der Waals surface area contributed by atoms with Gasteiger partial charge in [0.15, 0.2) is 0 Å². The summed E-state index contributed by atoms with van der Waals surface area (Å²) in [4.78, 5) is 26.4. The Hall–Kier alpha value is -4.19. The highest BCUT2D eigenvalue weighted by molar-refractivity contribution is 6.09. The lowest BCUT2D eigenvalue weighted by atomic mass is 9.76. The van der Waals surface area contributed by atoms with Gasteiger partial charge in [0, 0.05) is 34.4 Å². The van der Waals surface area contributed by atoms with Gasteiger partial charge in [-0.05, 0) is 34.5 Å². The molecule has 0 unspecified atom stereocenters. The van der Waals surface area contributed by atoms with E-state index in [4.69, 9.17) is 0 Å². The zero-order valence-corrected chi connectivity index (χ0v) is 18.2. The van der Waals surface area contributed by atoms with Crippen molar-refractivity contribution in [2.75, 3.05) is 4.90 Å². The zero-order chi connectivity index (χ0) is 23.3. The summed E-state index contributed by atoms with van der Waals surface area (Å²) in [5.41, 5.74) is 1.92. The molecule has 4 aromatic rings. The fourth-order valence-electron chi connectivity index (χ4n) is 5.02. The molecular weight excluding hydrogens is 416 g/mol. The number of phenolic OH excluding ortho intramolecular Hbond substituents is 1. The van der Waals surface area contributed by atoms with Crippen LogP contribution < -0.4 is 4.90 Å². The fraction of sp³-hybridized carbons (Fsp3) is 0.148. The van der Waals surface area contributed by atoms with Crippen LogP contribution >= 0.6 is 0 Å². The lowest BCUT2D eigenvalue weighted by molar-refractivity contribution is -0.384. The van der Waals surface area contributed by atoms with Gasteiger partial charge in [-0.2, -0.15) is 0 Å². The van der Waals surface area contributed by atoms with Crippen LogP contribution in [0.1, 0.15) is 41.4 Å². The molecule has 0 bridgehead atoms. The van der Waals surface area contributed by atoms with Gasteiger partial charge < -0.3 is 5.11 Å². The molecule has 5 rings (SSSR count). The van der Waals surface area contributed by atoms with Crippen LogP contribution in [0.4, 0.5) is 11.4 Å². The first-order chi connectivity index (χ1) is 15.8. The van der Waals surface area contributed by atoms with Crippen molar-refractivity contribution in [3.63, 3.8) is 0 Å². The highest BCUT2D eigenvalue weighted by atomic mass is 16.6. The summed E-state index contributed by atoms with van der Waals surface area (Å²) >= 11 is 0. The molecule has 1 aliphatic rings. The molecule has 0 radical (unpaired) electrons. The predicted molar refractivity (Wildman–Crippen MR) is 128 cm³/mol. The van der Waals surface area contributed by atoms with E-state index in [2.05, 4.69) is 13.8 Å². The van der Waals surface area contributed by atoms with E-state index in [0.29, 0.717) is 5.56 Å². The molecule has 6 nitrogen and oxygen atoms in total. The van der Waals surface area contributed by atoms with E-state index in [9.17, 15) is 20.0 Å². The van der Waals surface area contributed by atoms with E-state index in [-0.39, 0.29) is 22.9 Å². The molecule has 1 atom stereocenters. The van der Waals surface area contributed by atoms with Gasteiger partial charge >= 0.3 is 0 Å². The Bertz CT molecular complexity index is 1430. The van der Waals surface area contributed by atoms with Crippen LogP contribution in [-0.2, 0) is 5.41 Å². The number of benzene rings is 4. The van der Waals surface area contributed by atoms with Crippen molar-refractivity contribution in [1.29, 1.82) is 0 Å². The smallest absolute Gasteiger partial charge is 0.270 e. The summed E-state index contributed by atoms with van der Waals surface area (Å²) in [6, 6.07) is 24.2. The number of nitro benzene ring substituents is 1. The SMILES string of the molecule is CC1(C)c2ccccc2N(C(=O)c2cccc([N+](=O)[O-])c2)[C@H]1c1c(O)ccc2ccccc12. The number of nitrogens with zero attached hydrogens (tertiary/aromatic N) is 2. The van der Waals surface area contributed by atoms with Crippen molar-refractivity contribution in [2.45, 2.75) is 25.3 Å². The van der Waals surface area contributed by atoms with Gasteiger partial charge in [0.05, 0.1) is 11.0 Å². The number of aromatic hydroxyl groups is 1. The summed E-state index contributed by atoms with van der Waals surface area (Å²) in [5.74, 6) is -0.245. The van der Waals surface area contributed by atoms with E-state index in [1.165, 1.54) is 18.2 Å². The van der Waals surface area contributed by atoms with E-state index >= 15 is 0 Å². The van der Waals surface area contributed by atoms with Crippen LogP contribution in [0.15, 0.2) is 84.9 Å². The van der Waals surface area contributed by atoms with E-state index in [0.717, 1.165) is 22.0 Å². The largest absolute Gasteiger partial charge is 0.508 e. The molecule has 0 saturated carbocycles. The van der Waals surface area contributed by atoms with Gasteiger partial charge in [0.25, 0.3) is 11.6 Å². The third-order valence-electron chi connectivity index (χ3n) is 6.54. The Labute approximate surface area is 190 Å². The van der Waals surface area contributed by atoms with Crippen molar-refractivity contribution < 1.29 is 14.8 Å². The molecule has 6 heteroatoms. The molecule has 0 saturated heterocycles. The number of anilines is 1. The quantitative estimate of drug-likeness (QED) is 0.308. The van der Waals surface area contributed by atoms with Crippen molar-refractivity contribution >= 4 is 28.1 Å². The normalized spacial score (nSPS) is 16.5. The molecule has 0 aromatic heterocycles. The number of rotatable bonds is 3. The summed E-state index contributed by atoms with van der Waals surface area (Å²) in [5, 5.41) is 24.2. The van der Waals surface area contributed by atoms with Crippen molar-refractivity contribution in [3.05, 3.63) is 112 Å². The number of nitro groups is 1. The molecule has 4 aromatic carbocycles. The van der Waals surface area contributed by atoms with E-state index in [1.54, 1.807) is 17.0 Å². The molecule has 0 fully saturated rings. The second kappa shape index (κ2) is 7.45. The minimum Gasteiger partial charge on any atom is -0.508 e. The molecule has 0 aliphatic carbocycles. The Balaban J connectivity index is 1.77. The fourth-order valence-corrected chi connectivity index (χ4v) is 5.02. The van der Waals surface area contributed by atoms with Crippen molar-refractivity contribution in [2.24, 2.45) is 0 Å². The lowest BCUT2D eigenvalue weighted by Gasteiger charge is -2.35. The standard InChI is InChI=1S/C27H22N2O4/c1-27(2)21-12-5-6-13-22(21)28(26(31)18-9-7-10-19(16-18)29(32)33)25(27)24-20-11-4-3-8-17(20)14-15-23(24)30/h3-16,25,30H,1-2H3/t25-/m0/s1. The molecule has 1 aliphatic heterocycles. The second-order valence-corrected chi connectivity index (χ2v) is 8.84. The van der Waals surface area contributed by atoms with Gasteiger partial charge in [-0.25, -0.2) is 0 Å². The van der Waals surface area contributed by atoms with Crippen LogP contribution in [0.25, 0.3) is 10.8 Å². The van der Waals surface area contributed by atoms with E-state index in [1.807, 2.05) is 54.6 Å². The first-order valence-corrected chi connectivity index (χ1v) is 10.7. The minimum atomic E-state index is -0.533. The molecule has 164 valence electrons. The predicted octanol–water partition coefficient (Wildman–Crippen LogP) is 6.13. The number of phenols is 1. The van der Waals surface area contributed by atoms with Crippen LogP contribution in [0, 0.1) is 10.1 Å². The average molecular weight is 438 g/mol. The van der Waals surface area contributed by atoms with E-state index < -0.39 is 16.4 Å². The lowest BCUT2D eigenvalue weighted by Crippen LogP contribution is -2.38. The second-order valence-electron chi connectivity index (χ2n) is 8.84. The third-order valence-corrected chi connectivity index (χ3v) is 6.54. The minimum absolute atomic E-state index is 0.108. The maximum atomic E-state index is 13.9. The third kappa shape index (κ3) is 3.14. The van der Waals surface area contributed by atoms with Gasteiger partial charge in [0.1, 0.15) is 5.75 Å². The first-order valence-electron chi connectivity index (χ1n) is 10.7. The number of para-hydroxylation sites is 1. The van der Waals surface area contributed by atoms with Crippen LogP contribution in [0.3, 0.4) is 0 Å². The number of hydrogen-bond acceptors (Lipinski definition) is 4. The number of fused-ring (bicyclic) bond motifs is 2. The Morgan fingerprint density at radius 3 is 2.48 bits per heavy atom. The van der Waals surface area contributed by atoms with Gasteiger partial charge in [-0.3, -0.25) is 19.8 Å². The summed E-state index contributed by atoms with van der Waals surface area (Å²) in [7, 11) is 0. The van der Waals surface area contributed by atoms with Gasteiger partial charge in [-0.1, -0.05) is 68.4 Å².